The fraction of sp³-hybridized carbons (Fsp3) is 0.200. The van der Waals surface area contributed by atoms with Crippen molar-refractivity contribution in [2.45, 2.75) is 13.1 Å². The topological polar surface area (TPSA) is 30.7 Å². The third-order valence-electron chi connectivity index (χ3n) is 2.15. The predicted molar refractivity (Wildman–Crippen MR) is 58.8 cm³/mol. The van der Waals surface area contributed by atoms with Gasteiger partial charge in [0.2, 0.25) is 0 Å². The highest BCUT2D eigenvalue weighted by Crippen LogP contribution is 2.27. The van der Waals surface area contributed by atoms with Gasteiger partial charge in [0.1, 0.15) is 0 Å². The van der Waals surface area contributed by atoms with Crippen molar-refractivity contribution in [3.8, 4) is 5.82 Å². The van der Waals surface area contributed by atoms with Crippen LogP contribution < -0.4 is 0 Å². The van der Waals surface area contributed by atoms with Gasteiger partial charge in [0.05, 0.1) is 0 Å². The number of pyridine rings is 1. The zero-order chi connectivity index (χ0) is 12.6. The molecule has 2 aromatic rings. The van der Waals surface area contributed by atoms with E-state index in [0.29, 0.717) is 5.82 Å². The van der Waals surface area contributed by atoms with Gasteiger partial charge in [0.15, 0.2) is 11.5 Å². The Hall–Kier alpha value is -1.37. The van der Waals surface area contributed by atoms with Gasteiger partial charge in [-0.2, -0.15) is 18.3 Å². The van der Waals surface area contributed by atoms with Crippen LogP contribution in [0.25, 0.3) is 5.82 Å². The molecule has 0 aliphatic heterocycles. The van der Waals surface area contributed by atoms with Gasteiger partial charge in [-0.3, -0.25) is 0 Å². The van der Waals surface area contributed by atoms with Gasteiger partial charge in [-0.15, -0.1) is 0 Å². The lowest BCUT2D eigenvalue weighted by Crippen LogP contribution is -2.07. The van der Waals surface area contributed by atoms with Gasteiger partial charge in [-0.25, -0.2) is 9.67 Å². The van der Waals surface area contributed by atoms with Crippen molar-refractivity contribution in [3.05, 3.63) is 40.3 Å². The summed E-state index contributed by atoms with van der Waals surface area (Å²) in [4.78, 5) is 3.99. The molecule has 3 nitrogen and oxygen atoms in total. The monoisotopic (exact) mass is 305 g/mol. The highest BCUT2D eigenvalue weighted by Gasteiger charge is 2.33. The molecule has 7 heteroatoms. The van der Waals surface area contributed by atoms with Gasteiger partial charge in [0.25, 0.3) is 0 Å². The maximum atomic E-state index is 12.4. The van der Waals surface area contributed by atoms with Crippen molar-refractivity contribution in [3.63, 3.8) is 0 Å². The molecule has 0 saturated heterocycles. The van der Waals surface area contributed by atoms with E-state index >= 15 is 0 Å². The average Bonchev–Trinajstić information content (AvgIpc) is 2.70. The van der Waals surface area contributed by atoms with Gasteiger partial charge in [-0.1, -0.05) is 0 Å². The summed E-state index contributed by atoms with van der Waals surface area (Å²) in [5.74, 6) is 0.348. The quantitative estimate of drug-likeness (QED) is 0.809. The first-order chi connectivity index (χ1) is 7.88. The van der Waals surface area contributed by atoms with E-state index in [1.807, 2.05) is 6.92 Å². The fourth-order valence-electron chi connectivity index (χ4n) is 1.25. The molecule has 0 saturated carbocycles. The van der Waals surface area contributed by atoms with E-state index in [1.54, 1.807) is 6.07 Å². The van der Waals surface area contributed by atoms with Crippen LogP contribution in [0.5, 0.6) is 0 Å². The molecule has 90 valence electrons. The smallest absolute Gasteiger partial charge is 0.236 e. The lowest BCUT2D eigenvalue weighted by atomic mass is 10.3. The third-order valence-corrected chi connectivity index (χ3v) is 2.98. The molecule has 0 fully saturated rings. The second kappa shape index (κ2) is 4.14. The first-order valence-corrected chi connectivity index (χ1v) is 5.42. The van der Waals surface area contributed by atoms with Crippen molar-refractivity contribution >= 4 is 15.9 Å². The Kier molecular flexibility index (Phi) is 2.94. The highest BCUT2D eigenvalue weighted by atomic mass is 79.9. The molecule has 0 bridgehead atoms. The van der Waals surface area contributed by atoms with Crippen LogP contribution in [0.2, 0.25) is 0 Å². The molecular weight excluding hydrogens is 299 g/mol. The van der Waals surface area contributed by atoms with Crippen molar-refractivity contribution in [1.82, 2.24) is 14.8 Å². The summed E-state index contributed by atoms with van der Waals surface area (Å²) in [5.41, 5.74) is -0.0565. The summed E-state index contributed by atoms with van der Waals surface area (Å²) in [6.07, 6.45) is -1.67. The Bertz CT molecular complexity index is 548. The second-order valence-electron chi connectivity index (χ2n) is 3.43. The van der Waals surface area contributed by atoms with Crippen LogP contribution in [-0.2, 0) is 6.18 Å². The second-order valence-corrected chi connectivity index (χ2v) is 4.29. The first kappa shape index (κ1) is 12.1. The molecule has 0 aromatic carbocycles. The number of nitrogens with zero attached hydrogens (tertiary/aromatic N) is 3. The van der Waals surface area contributed by atoms with Crippen molar-refractivity contribution < 1.29 is 13.2 Å². The highest BCUT2D eigenvalue weighted by molar-refractivity contribution is 9.10. The van der Waals surface area contributed by atoms with Crippen molar-refractivity contribution in [1.29, 1.82) is 0 Å². The lowest BCUT2D eigenvalue weighted by Gasteiger charge is -2.04. The summed E-state index contributed by atoms with van der Waals surface area (Å²) in [6, 6.07) is 2.57. The molecule has 17 heavy (non-hydrogen) atoms. The molecule has 2 aromatic heterocycles. The van der Waals surface area contributed by atoms with E-state index in [2.05, 4.69) is 26.0 Å². The minimum atomic E-state index is -4.43. The van der Waals surface area contributed by atoms with Crippen LogP contribution >= 0.6 is 15.9 Å². The summed E-state index contributed by atoms with van der Waals surface area (Å²) < 4.78 is 39.0. The van der Waals surface area contributed by atoms with E-state index in [4.69, 9.17) is 0 Å². The molecule has 0 atom stereocenters. The molecule has 0 aliphatic rings. The van der Waals surface area contributed by atoms with Crippen LogP contribution in [0.4, 0.5) is 13.2 Å². The third kappa shape index (κ3) is 2.49. The molecule has 0 aliphatic carbocycles. The van der Waals surface area contributed by atoms with Crippen LogP contribution in [0.15, 0.2) is 29.0 Å². The Morgan fingerprint density at radius 3 is 2.59 bits per heavy atom. The minimum absolute atomic E-state index is 0.348. The average molecular weight is 306 g/mol. The van der Waals surface area contributed by atoms with Gasteiger partial charge in [0, 0.05) is 16.9 Å². The number of hydrogen-bond donors (Lipinski definition) is 0. The van der Waals surface area contributed by atoms with Crippen molar-refractivity contribution in [2.75, 3.05) is 0 Å². The number of hydrogen-bond acceptors (Lipinski definition) is 2. The van der Waals surface area contributed by atoms with Crippen LogP contribution in [0.3, 0.4) is 0 Å². The van der Waals surface area contributed by atoms with Crippen LogP contribution in [0.1, 0.15) is 11.3 Å². The Morgan fingerprint density at radius 2 is 2.06 bits per heavy atom. The summed E-state index contributed by atoms with van der Waals surface area (Å²) >= 11 is 3.27. The molecular formula is C10H7BrF3N3. The predicted octanol–water partition coefficient (Wildman–Crippen LogP) is 3.36. The fourth-order valence-corrected chi connectivity index (χ4v) is 1.47. The standard InChI is InChI=1S/C10H7BrF3N3/c1-6-4-9(15-5-7(6)11)17-3-2-8(16-17)10(12,13)14/h2-5H,1H3. The summed E-state index contributed by atoms with van der Waals surface area (Å²) in [6.45, 7) is 1.82. The Balaban J connectivity index is 2.40. The normalized spacial score (nSPS) is 11.8. The number of rotatable bonds is 1. The largest absolute Gasteiger partial charge is 0.435 e. The van der Waals surface area contributed by atoms with E-state index in [9.17, 15) is 13.2 Å². The molecule has 0 N–H and O–H groups in total. The van der Waals surface area contributed by atoms with Gasteiger partial charge < -0.3 is 0 Å². The number of aromatic nitrogens is 3. The van der Waals surface area contributed by atoms with Crippen LogP contribution in [-0.4, -0.2) is 14.8 Å². The minimum Gasteiger partial charge on any atom is -0.236 e. The van der Waals surface area contributed by atoms with E-state index in [0.717, 1.165) is 20.8 Å². The number of halogens is 4. The summed E-state index contributed by atoms with van der Waals surface area (Å²) in [7, 11) is 0. The maximum absolute atomic E-state index is 12.4. The van der Waals surface area contributed by atoms with E-state index in [1.165, 1.54) is 12.4 Å². The van der Waals surface area contributed by atoms with Gasteiger partial charge in [-0.05, 0) is 40.5 Å². The number of aryl methyl sites for hydroxylation is 1. The lowest BCUT2D eigenvalue weighted by molar-refractivity contribution is -0.141. The van der Waals surface area contributed by atoms with E-state index in [-0.39, 0.29) is 0 Å². The van der Waals surface area contributed by atoms with Crippen LogP contribution in [0, 0.1) is 6.92 Å². The maximum Gasteiger partial charge on any atom is 0.435 e. The molecule has 0 spiro atoms. The van der Waals surface area contributed by atoms with Crippen molar-refractivity contribution in [2.24, 2.45) is 0 Å². The molecule has 0 radical (unpaired) electrons. The molecule has 2 rings (SSSR count). The Labute approximate surface area is 103 Å². The van der Waals surface area contributed by atoms with E-state index < -0.39 is 11.9 Å². The summed E-state index contributed by atoms with van der Waals surface area (Å²) in [5, 5.41) is 3.44. The molecule has 2 heterocycles. The SMILES string of the molecule is Cc1cc(-n2ccc(C(F)(F)F)n2)ncc1Br. The Morgan fingerprint density at radius 1 is 1.35 bits per heavy atom. The van der Waals surface area contributed by atoms with Gasteiger partial charge >= 0.3 is 6.18 Å². The zero-order valence-electron chi connectivity index (χ0n) is 8.66. The zero-order valence-corrected chi connectivity index (χ0v) is 10.2. The first-order valence-electron chi connectivity index (χ1n) is 4.63. The number of alkyl halides is 3. The molecule has 0 amide bonds. The molecule has 0 unspecified atom stereocenters.